The van der Waals surface area contributed by atoms with Gasteiger partial charge < -0.3 is 5.73 Å². The molecular formula is C15H27N3. The van der Waals surface area contributed by atoms with E-state index in [2.05, 4.69) is 50.7 Å². The molecule has 0 bridgehead atoms. The molecule has 0 spiro atoms. The van der Waals surface area contributed by atoms with Crippen molar-refractivity contribution in [3.8, 4) is 0 Å². The molecule has 2 unspecified atom stereocenters. The van der Waals surface area contributed by atoms with Crippen LogP contribution in [0.2, 0.25) is 0 Å². The molecule has 1 rings (SSSR count). The Morgan fingerprint density at radius 3 is 2.33 bits per heavy atom. The van der Waals surface area contributed by atoms with Crippen LogP contribution in [0.25, 0.3) is 0 Å². The first-order chi connectivity index (χ1) is 8.27. The van der Waals surface area contributed by atoms with Crippen LogP contribution < -0.4 is 5.73 Å². The van der Waals surface area contributed by atoms with Gasteiger partial charge in [0.2, 0.25) is 0 Å². The van der Waals surface area contributed by atoms with Crippen molar-refractivity contribution in [1.82, 2.24) is 9.88 Å². The monoisotopic (exact) mass is 249 g/mol. The summed E-state index contributed by atoms with van der Waals surface area (Å²) in [6, 6.07) is 4.86. The summed E-state index contributed by atoms with van der Waals surface area (Å²) in [6.07, 6.45) is 1.94. The molecule has 2 atom stereocenters. The van der Waals surface area contributed by atoms with Crippen LogP contribution in [0.15, 0.2) is 18.3 Å². The van der Waals surface area contributed by atoms with E-state index < -0.39 is 0 Å². The predicted molar refractivity (Wildman–Crippen MR) is 77.4 cm³/mol. The fraction of sp³-hybridized carbons (Fsp3) is 0.667. The van der Waals surface area contributed by atoms with Gasteiger partial charge in [-0.05, 0) is 37.9 Å². The molecule has 1 aromatic rings. The number of aromatic nitrogens is 1. The second-order valence-corrected chi connectivity index (χ2v) is 6.19. The van der Waals surface area contributed by atoms with Gasteiger partial charge in [-0.25, -0.2) is 0 Å². The number of likely N-dealkylation sites (N-methyl/N-ethyl adjacent to an activating group) is 1. The minimum atomic E-state index is 0.229. The summed E-state index contributed by atoms with van der Waals surface area (Å²) in [7, 11) is 2.15. The van der Waals surface area contributed by atoms with Crippen molar-refractivity contribution in [2.45, 2.75) is 46.7 Å². The zero-order chi connectivity index (χ0) is 13.9. The molecule has 3 nitrogen and oxygen atoms in total. The standard InChI is InChI=1S/C15H27N3/c1-11-7-8-13(10-17-11)14(9-16)18(6)12(2)15(3,4)5/h7-8,10,12,14H,9,16H2,1-6H3. The zero-order valence-electron chi connectivity index (χ0n) is 12.6. The maximum absolute atomic E-state index is 5.96. The highest BCUT2D eigenvalue weighted by Crippen LogP contribution is 2.29. The van der Waals surface area contributed by atoms with Gasteiger partial charge in [-0.2, -0.15) is 0 Å². The van der Waals surface area contributed by atoms with Crippen molar-refractivity contribution < 1.29 is 0 Å². The molecule has 102 valence electrons. The van der Waals surface area contributed by atoms with Gasteiger partial charge in [0.15, 0.2) is 0 Å². The summed E-state index contributed by atoms with van der Waals surface area (Å²) in [6.45, 7) is 11.6. The van der Waals surface area contributed by atoms with Crippen LogP contribution in [0.1, 0.15) is 45.0 Å². The van der Waals surface area contributed by atoms with E-state index in [-0.39, 0.29) is 11.5 Å². The average Bonchev–Trinajstić information content (AvgIpc) is 2.30. The average molecular weight is 249 g/mol. The van der Waals surface area contributed by atoms with Crippen molar-refractivity contribution in [2.24, 2.45) is 11.1 Å². The van der Waals surface area contributed by atoms with Gasteiger partial charge >= 0.3 is 0 Å². The first-order valence-corrected chi connectivity index (χ1v) is 6.62. The third-order valence-corrected chi connectivity index (χ3v) is 3.90. The maximum atomic E-state index is 5.96. The number of nitrogens with two attached hydrogens (primary N) is 1. The van der Waals surface area contributed by atoms with Crippen molar-refractivity contribution in [1.29, 1.82) is 0 Å². The molecule has 0 amide bonds. The molecule has 18 heavy (non-hydrogen) atoms. The van der Waals surface area contributed by atoms with E-state index >= 15 is 0 Å². The largest absolute Gasteiger partial charge is 0.329 e. The van der Waals surface area contributed by atoms with Gasteiger partial charge in [0, 0.05) is 30.5 Å². The molecule has 1 heterocycles. The Balaban J connectivity index is 2.93. The molecule has 1 aromatic heterocycles. The Hall–Kier alpha value is -0.930. The lowest BCUT2D eigenvalue weighted by molar-refractivity contribution is 0.0999. The van der Waals surface area contributed by atoms with Crippen LogP contribution in [0.3, 0.4) is 0 Å². The van der Waals surface area contributed by atoms with Gasteiger partial charge in [0.05, 0.1) is 0 Å². The molecule has 0 radical (unpaired) electrons. The van der Waals surface area contributed by atoms with Crippen LogP contribution >= 0.6 is 0 Å². The van der Waals surface area contributed by atoms with Crippen LogP contribution in [0.4, 0.5) is 0 Å². The maximum Gasteiger partial charge on any atom is 0.0485 e. The Labute approximate surface area is 111 Å². The number of rotatable bonds is 4. The quantitative estimate of drug-likeness (QED) is 0.892. The minimum absolute atomic E-state index is 0.229. The predicted octanol–water partition coefficient (Wildman–Crippen LogP) is 2.76. The van der Waals surface area contributed by atoms with Gasteiger partial charge in [-0.1, -0.05) is 26.8 Å². The smallest absolute Gasteiger partial charge is 0.0485 e. The van der Waals surface area contributed by atoms with Gasteiger partial charge in [-0.3, -0.25) is 9.88 Å². The molecule has 0 aliphatic heterocycles. The number of nitrogens with zero attached hydrogens (tertiary/aromatic N) is 2. The molecular weight excluding hydrogens is 222 g/mol. The number of pyridine rings is 1. The van der Waals surface area contributed by atoms with Gasteiger partial charge in [0.25, 0.3) is 0 Å². The third-order valence-electron chi connectivity index (χ3n) is 3.90. The normalized spacial score (nSPS) is 15.8. The van der Waals surface area contributed by atoms with Gasteiger partial charge in [0.1, 0.15) is 0 Å². The number of hydrogen-bond donors (Lipinski definition) is 1. The fourth-order valence-electron chi connectivity index (χ4n) is 2.09. The lowest BCUT2D eigenvalue weighted by Gasteiger charge is -2.40. The second-order valence-electron chi connectivity index (χ2n) is 6.19. The van der Waals surface area contributed by atoms with Crippen molar-refractivity contribution in [2.75, 3.05) is 13.6 Å². The van der Waals surface area contributed by atoms with Gasteiger partial charge in [-0.15, -0.1) is 0 Å². The van der Waals surface area contributed by atoms with E-state index in [0.717, 1.165) is 5.69 Å². The Kier molecular flexibility index (Phi) is 4.88. The van der Waals surface area contributed by atoms with E-state index in [4.69, 9.17) is 5.73 Å². The molecule has 0 saturated heterocycles. The van der Waals surface area contributed by atoms with E-state index in [9.17, 15) is 0 Å². The van der Waals surface area contributed by atoms with E-state index in [1.54, 1.807) is 0 Å². The molecule has 0 saturated carbocycles. The highest BCUT2D eigenvalue weighted by molar-refractivity contribution is 5.18. The minimum Gasteiger partial charge on any atom is -0.329 e. The first kappa shape index (κ1) is 15.1. The summed E-state index contributed by atoms with van der Waals surface area (Å²) in [4.78, 5) is 6.72. The molecule has 2 N–H and O–H groups in total. The Bertz CT molecular complexity index is 364. The summed E-state index contributed by atoms with van der Waals surface area (Å²) in [5, 5.41) is 0. The molecule has 0 aliphatic carbocycles. The zero-order valence-corrected chi connectivity index (χ0v) is 12.6. The Morgan fingerprint density at radius 1 is 1.33 bits per heavy atom. The highest BCUT2D eigenvalue weighted by Gasteiger charge is 2.28. The van der Waals surface area contributed by atoms with Crippen LogP contribution in [-0.4, -0.2) is 29.5 Å². The lowest BCUT2D eigenvalue weighted by atomic mass is 9.86. The highest BCUT2D eigenvalue weighted by atomic mass is 15.2. The second kappa shape index (κ2) is 5.81. The first-order valence-electron chi connectivity index (χ1n) is 6.62. The molecule has 0 aliphatic rings. The van der Waals surface area contributed by atoms with E-state index in [0.29, 0.717) is 12.6 Å². The number of aryl methyl sites for hydroxylation is 1. The van der Waals surface area contributed by atoms with Crippen molar-refractivity contribution >= 4 is 0 Å². The molecule has 0 aromatic carbocycles. The Morgan fingerprint density at radius 2 is 1.94 bits per heavy atom. The molecule has 3 heteroatoms. The summed E-state index contributed by atoms with van der Waals surface area (Å²) in [5.41, 5.74) is 8.43. The fourth-order valence-corrected chi connectivity index (χ4v) is 2.09. The summed E-state index contributed by atoms with van der Waals surface area (Å²) < 4.78 is 0. The van der Waals surface area contributed by atoms with E-state index in [1.807, 2.05) is 19.2 Å². The van der Waals surface area contributed by atoms with Crippen LogP contribution in [0.5, 0.6) is 0 Å². The third kappa shape index (κ3) is 3.53. The topological polar surface area (TPSA) is 42.1 Å². The van der Waals surface area contributed by atoms with Crippen molar-refractivity contribution in [3.63, 3.8) is 0 Å². The number of hydrogen-bond acceptors (Lipinski definition) is 3. The van der Waals surface area contributed by atoms with E-state index in [1.165, 1.54) is 5.56 Å². The SMILES string of the molecule is Cc1ccc(C(CN)N(C)C(C)C(C)(C)C)cn1. The summed E-state index contributed by atoms with van der Waals surface area (Å²) >= 11 is 0. The van der Waals surface area contributed by atoms with Crippen LogP contribution in [-0.2, 0) is 0 Å². The van der Waals surface area contributed by atoms with Crippen molar-refractivity contribution in [3.05, 3.63) is 29.6 Å². The summed E-state index contributed by atoms with van der Waals surface area (Å²) in [5.74, 6) is 0. The molecule has 0 fully saturated rings. The lowest BCUT2D eigenvalue weighted by Crippen LogP contribution is -2.43. The van der Waals surface area contributed by atoms with Crippen LogP contribution in [0, 0.1) is 12.3 Å².